The molecule has 1 unspecified atom stereocenters. The molecule has 0 aliphatic carbocycles. The number of aliphatic hydroxyl groups is 1. The summed E-state index contributed by atoms with van der Waals surface area (Å²) in [5, 5.41) is 9.60. The average Bonchev–Trinajstić information content (AvgIpc) is 3.20. The van der Waals surface area contributed by atoms with E-state index in [9.17, 15) is 14.7 Å². The largest absolute Gasteiger partial charge is 0.462 e. The predicted octanol–water partition coefficient (Wildman–Crippen LogP) is 16.0. The Morgan fingerprint density at radius 1 is 0.411 bits per heavy atom. The first-order chi connectivity index (χ1) is 27.6. The molecule has 1 atom stereocenters. The molecule has 0 aliphatic heterocycles. The van der Waals surface area contributed by atoms with Crippen LogP contribution in [0.15, 0.2) is 36.5 Å². The molecule has 0 aromatic heterocycles. The van der Waals surface area contributed by atoms with Gasteiger partial charge in [-0.2, -0.15) is 0 Å². The van der Waals surface area contributed by atoms with Crippen molar-refractivity contribution in [2.24, 2.45) is 0 Å². The van der Waals surface area contributed by atoms with E-state index in [2.05, 4.69) is 50.3 Å². The summed E-state index contributed by atoms with van der Waals surface area (Å²) >= 11 is 0. The second-order valence-corrected chi connectivity index (χ2v) is 16.5. The van der Waals surface area contributed by atoms with Gasteiger partial charge in [0.25, 0.3) is 0 Å². The van der Waals surface area contributed by atoms with Crippen LogP contribution in [-0.2, 0) is 19.1 Å². The number of ether oxygens (including phenoxy) is 2. The average molecular weight is 787 g/mol. The molecule has 56 heavy (non-hydrogen) atoms. The highest BCUT2D eigenvalue weighted by Crippen LogP contribution is 2.16. The fourth-order valence-corrected chi connectivity index (χ4v) is 7.21. The van der Waals surface area contributed by atoms with E-state index in [-0.39, 0.29) is 25.2 Å². The second-order valence-electron chi connectivity index (χ2n) is 16.5. The quantitative estimate of drug-likeness (QED) is 0.0378. The minimum Gasteiger partial charge on any atom is -0.462 e. The zero-order valence-electron chi connectivity index (χ0n) is 37.4. The van der Waals surface area contributed by atoms with Crippen molar-refractivity contribution in [3.63, 3.8) is 0 Å². The molecule has 5 heteroatoms. The standard InChI is InChI=1S/C51H94O5/c1-3-5-7-9-11-13-15-17-19-20-21-22-23-24-25-26-27-28-29-30-32-34-36-38-40-42-44-46-51(54)56-49(47-52)48-55-50(53)45-43-41-39-37-35-33-31-18-16-14-12-10-8-6-4-2/h15,17,20-21,23-24,49,52H,3-14,16,18-19,22,25-48H2,1-2H3/b17-15-,21-20-,24-23-. The molecule has 0 aliphatic rings. The molecular weight excluding hydrogens is 693 g/mol. The van der Waals surface area contributed by atoms with E-state index < -0.39 is 6.10 Å². The molecule has 0 heterocycles. The Morgan fingerprint density at radius 3 is 1.07 bits per heavy atom. The monoisotopic (exact) mass is 787 g/mol. The van der Waals surface area contributed by atoms with E-state index >= 15 is 0 Å². The predicted molar refractivity (Wildman–Crippen MR) is 242 cm³/mol. The molecule has 328 valence electrons. The van der Waals surface area contributed by atoms with Crippen molar-refractivity contribution in [2.45, 2.75) is 264 Å². The highest BCUT2D eigenvalue weighted by Gasteiger charge is 2.16. The van der Waals surface area contributed by atoms with Crippen LogP contribution in [-0.4, -0.2) is 36.4 Å². The second kappa shape index (κ2) is 47.5. The van der Waals surface area contributed by atoms with Crippen molar-refractivity contribution in [3.05, 3.63) is 36.5 Å². The van der Waals surface area contributed by atoms with E-state index in [1.807, 2.05) is 0 Å². The van der Waals surface area contributed by atoms with E-state index in [0.717, 1.165) is 51.4 Å². The minimum atomic E-state index is -0.769. The van der Waals surface area contributed by atoms with Gasteiger partial charge in [-0.05, 0) is 51.4 Å². The van der Waals surface area contributed by atoms with Gasteiger partial charge in [0.2, 0.25) is 0 Å². The van der Waals surface area contributed by atoms with Crippen LogP contribution < -0.4 is 0 Å². The van der Waals surface area contributed by atoms with Crippen LogP contribution in [0, 0.1) is 0 Å². The van der Waals surface area contributed by atoms with Crippen LogP contribution >= 0.6 is 0 Å². The zero-order valence-corrected chi connectivity index (χ0v) is 37.4. The summed E-state index contributed by atoms with van der Waals surface area (Å²) < 4.78 is 10.7. The van der Waals surface area contributed by atoms with Crippen molar-refractivity contribution < 1.29 is 24.2 Å². The minimum absolute atomic E-state index is 0.0624. The fourth-order valence-electron chi connectivity index (χ4n) is 7.21. The van der Waals surface area contributed by atoms with Gasteiger partial charge < -0.3 is 14.6 Å². The topological polar surface area (TPSA) is 72.8 Å². The third-order valence-corrected chi connectivity index (χ3v) is 10.9. The Balaban J connectivity index is 3.48. The van der Waals surface area contributed by atoms with Crippen LogP contribution in [0.3, 0.4) is 0 Å². The van der Waals surface area contributed by atoms with Crippen LogP contribution in [0.1, 0.15) is 258 Å². The summed E-state index contributed by atoms with van der Waals surface area (Å²) in [6.07, 6.45) is 59.4. The smallest absolute Gasteiger partial charge is 0.306 e. The molecule has 0 bridgehead atoms. The lowest BCUT2D eigenvalue weighted by Gasteiger charge is -2.15. The van der Waals surface area contributed by atoms with Crippen LogP contribution in [0.4, 0.5) is 0 Å². The van der Waals surface area contributed by atoms with Gasteiger partial charge in [0.1, 0.15) is 6.61 Å². The molecule has 0 saturated carbocycles. The summed E-state index contributed by atoms with van der Waals surface area (Å²) in [6.45, 7) is 4.15. The van der Waals surface area contributed by atoms with Gasteiger partial charge in [-0.1, -0.05) is 230 Å². The Labute approximate surface area is 348 Å². The number of hydrogen-bond donors (Lipinski definition) is 1. The van der Waals surface area contributed by atoms with Gasteiger partial charge in [-0.25, -0.2) is 0 Å². The summed E-state index contributed by atoms with van der Waals surface area (Å²) in [7, 11) is 0. The lowest BCUT2D eigenvalue weighted by Crippen LogP contribution is -2.28. The zero-order chi connectivity index (χ0) is 40.7. The lowest BCUT2D eigenvalue weighted by molar-refractivity contribution is -0.161. The Bertz CT molecular complexity index is 893. The highest BCUT2D eigenvalue weighted by atomic mass is 16.6. The first kappa shape index (κ1) is 54.1. The van der Waals surface area contributed by atoms with Gasteiger partial charge in [-0.15, -0.1) is 0 Å². The van der Waals surface area contributed by atoms with Crippen LogP contribution in [0.25, 0.3) is 0 Å². The van der Waals surface area contributed by atoms with Crippen molar-refractivity contribution in [1.82, 2.24) is 0 Å². The Hall–Kier alpha value is -1.88. The number of carbonyl (C=O) groups excluding carboxylic acids is 2. The van der Waals surface area contributed by atoms with E-state index in [0.29, 0.717) is 12.8 Å². The lowest BCUT2D eigenvalue weighted by atomic mass is 10.0. The van der Waals surface area contributed by atoms with Gasteiger partial charge in [0, 0.05) is 12.8 Å². The van der Waals surface area contributed by atoms with Crippen LogP contribution in [0.2, 0.25) is 0 Å². The highest BCUT2D eigenvalue weighted by molar-refractivity contribution is 5.70. The first-order valence-corrected chi connectivity index (χ1v) is 24.5. The summed E-state index contributed by atoms with van der Waals surface area (Å²) in [5.41, 5.74) is 0. The van der Waals surface area contributed by atoms with E-state index in [1.165, 1.54) is 180 Å². The Morgan fingerprint density at radius 2 is 0.714 bits per heavy atom. The molecule has 0 amide bonds. The third-order valence-electron chi connectivity index (χ3n) is 10.9. The van der Waals surface area contributed by atoms with E-state index in [4.69, 9.17) is 9.47 Å². The van der Waals surface area contributed by atoms with Gasteiger partial charge >= 0.3 is 11.9 Å². The van der Waals surface area contributed by atoms with Gasteiger partial charge in [0.15, 0.2) is 6.10 Å². The summed E-state index contributed by atoms with van der Waals surface area (Å²) in [6, 6.07) is 0. The molecule has 0 fully saturated rings. The maximum Gasteiger partial charge on any atom is 0.306 e. The van der Waals surface area contributed by atoms with Crippen molar-refractivity contribution in [3.8, 4) is 0 Å². The third kappa shape index (κ3) is 44.8. The SMILES string of the molecule is CCCCCCC/C=C\C/C=C\C/C=C\CCCCCCCCCCCCCCC(=O)OC(CO)COC(=O)CCCCCCCCCCCCCCCCC. The number of unbranched alkanes of at least 4 members (excludes halogenated alkanes) is 31. The van der Waals surface area contributed by atoms with Crippen molar-refractivity contribution >= 4 is 11.9 Å². The summed E-state index contributed by atoms with van der Waals surface area (Å²) in [4.78, 5) is 24.4. The van der Waals surface area contributed by atoms with Gasteiger partial charge in [-0.3, -0.25) is 9.59 Å². The first-order valence-electron chi connectivity index (χ1n) is 24.5. The summed E-state index contributed by atoms with van der Waals surface area (Å²) in [5.74, 6) is -0.581. The van der Waals surface area contributed by atoms with Crippen molar-refractivity contribution in [1.29, 1.82) is 0 Å². The van der Waals surface area contributed by atoms with Gasteiger partial charge in [0.05, 0.1) is 6.61 Å². The van der Waals surface area contributed by atoms with Crippen molar-refractivity contribution in [2.75, 3.05) is 13.2 Å². The molecule has 0 aromatic rings. The maximum atomic E-state index is 12.2. The number of esters is 2. The molecule has 0 saturated heterocycles. The molecule has 1 N–H and O–H groups in total. The normalized spacial score (nSPS) is 12.4. The molecule has 5 nitrogen and oxygen atoms in total. The number of carbonyl (C=O) groups is 2. The molecule has 0 rings (SSSR count). The fraction of sp³-hybridized carbons (Fsp3) is 0.843. The number of rotatable bonds is 45. The molecule has 0 aromatic carbocycles. The number of aliphatic hydroxyl groups excluding tert-OH is 1. The number of allylic oxidation sites excluding steroid dienone is 6. The Kier molecular flexibility index (Phi) is 45.9. The molecule has 0 spiro atoms. The maximum absolute atomic E-state index is 12.2. The number of hydrogen-bond acceptors (Lipinski definition) is 5. The van der Waals surface area contributed by atoms with Crippen LogP contribution in [0.5, 0.6) is 0 Å². The van der Waals surface area contributed by atoms with E-state index in [1.54, 1.807) is 0 Å². The molecular formula is C51H94O5. The molecule has 0 radical (unpaired) electrons.